The molecule has 2 aromatic rings. The Balaban J connectivity index is 2.31. The minimum Gasteiger partial charge on any atom is -0.542 e. The Labute approximate surface area is 192 Å². The Kier molecular flexibility index (Phi) is 6.86. The fourth-order valence-electron chi connectivity index (χ4n) is 3.92. The van der Waals surface area contributed by atoms with E-state index < -0.39 is 8.32 Å². The maximum Gasteiger partial charge on any atom is 0.250 e. The first kappa shape index (κ1) is 23.5. The highest BCUT2D eigenvalue weighted by molar-refractivity contribution is 6.74. The van der Waals surface area contributed by atoms with Crippen LogP contribution in [0.1, 0.15) is 63.6 Å². The summed E-state index contributed by atoms with van der Waals surface area (Å²) in [6.07, 6.45) is 6.18. The van der Waals surface area contributed by atoms with Gasteiger partial charge in [0.1, 0.15) is 11.5 Å². The molecule has 5 heteroatoms. The molecule has 0 saturated heterocycles. The second-order valence-corrected chi connectivity index (χ2v) is 15.5. The summed E-state index contributed by atoms with van der Waals surface area (Å²) in [4.78, 5) is 0. The predicted octanol–water partition coefficient (Wildman–Crippen LogP) is 8.58. The Bertz CT molecular complexity index is 945. The second kappa shape index (κ2) is 8.76. The summed E-state index contributed by atoms with van der Waals surface area (Å²) in [5, 5.41) is 12.1. The average molecular weight is 466 g/mol. The van der Waals surface area contributed by atoms with Crippen LogP contribution in [0.4, 0.5) is 0 Å². The molecule has 30 heavy (non-hydrogen) atoms. The van der Waals surface area contributed by atoms with Gasteiger partial charge in [-0.15, -0.1) is 0 Å². The predicted molar refractivity (Wildman–Crippen MR) is 132 cm³/mol. The summed E-state index contributed by atoms with van der Waals surface area (Å²) in [7, 11) is -2.15. The molecule has 1 aliphatic carbocycles. The number of rotatable bonds is 5. The summed E-state index contributed by atoms with van der Waals surface area (Å²) in [5.74, 6) is 0.829. The van der Waals surface area contributed by atoms with E-state index in [-0.39, 0.29) is 10.8 Å². The first-order chi connectivity index (χ1) is 14.0. The zero-order valence-electron chi connectivity index (χ0n) is 19.1. The Morgan fingerprint density at radius 2 is 1.70 bits per heavy atom. The Morgan fingerprint density at radius 3 is 2.33 bits per heavy atom. The molecule has 3 rings (SSSR count). The van der Waals surface area contributed by atoms with Crippen molar-refractivity contribution >= 4 is 31.5 Å². The number of phenolic OH excluding ortho intramolecular Hbond substituents is 1. The third kappa shape index (κ3) is 4.54. The van der Waals surface area contributed by atoms with Crippen molar-refractivity contribution in [2.24, 2.45) is 0 Å². The molecular weight excluding hydrogens is 431 g/mol. The first-order valence-electron chi connectivity index (χ1n) is 11.0. The van der Waals surface area contributed by atoms with Crippen molar-refractivity contribution in [2.75, 3.05) is 0 Å². The van der Waals surface area contributed by atoms with Crippen molar-refractivity contribution in [3.05, 3.63) is 44.9 Å². The van der Waals surface area contributed by atoms with E-state index in [1.54, 1.807) is 0 Å². The van der Waals surface area contributed by atoms with E-state index in [0.717, 1.165) is 55.2 Å². The lowest BCUT2D eigenvalue weighted by Crippen LogP contribution is -2.44. The van der Waals surface area contributed by atoms with Crippen LogP contribution >= 0.6 is 23.2 Å². The summed E-state index contributed by atoms with van der Waals surface area (Å²) >= 11 is 13.3. The van der Waals surface area contributed by atoms with E-state index in [1.165, 1.54) is 11.1 Å². The molecule has 0 aliphatic heterocycles. The molecule has 0 aromatic heterocycles. The molecular formula is C25H34Cl2O2Si. The van der Waals surface area contributed by atoms with Gasteiger partial charge in [-0.05, 0) is 85.1 Å². The molecule has 1 N–H and O–H groups in total. The largest absolute Gasteiger partial charge is 0.542 e. The number of halogens is 2. The number of aryl methyl sites for hydroxylation is 2. The van der Waals surface area contributed by atoms with Gasteiger partial charge in [-0.3, -0.25) is 0 Å². The van der Waals surface area contributed by atoms with Crippen LogP contribution in [-0.2, 0) is 19.3 Å². The monoisotopic (exact) mass is 464 g/mol. The van der Waals surface area contributed by atoms with Crippen LogP contribution in [0.15, 0.2) is 18.2 Å². The first-order valence-corrected chi connectivity index (χ1v) is 14.7. The maximum atomic E-state index is 11.0. The molecule has 2 aromatic carbocycles. The maximum absolute atomic E-state index is 11.0. The molecule has 164 valence electrons. The van der Waals surface area contributed by atoms with Crippen molar-refractivity contribution in [3.8, 4) is 22.6 Å². The molecule has 2 nitrogen and oxygen atoms in total. The van der Waals surface area contributed by atoms with Crippen LogP contribution < -0.4 is 4.43 Å². The lowest BCUT2D eigenvalue weighted by Gasteiger charge is -2.38. The van der Waals surface area contributed by atoms with E-state index in [9.17, 15) is 5.11 Å². The topological polar surface area (TPSA) is 29.5 Å². The molecule has 0 heterocycles. The molecule has 0 saturated carbocycles. The zero-order valence-corrected chi connectivity index (χ0v) is 21.6. The van der Waals surface area contributed by atoms with Gasteiger partial charge in [0.2, 0.25) is 0 Å². The number of hydrogen-bond donors (Lipinski definition) is 1. The number of benzene rings is 2. The molecule has 1 aliphatic rings. The van der Waals surface area contributed by atoms with Crippen LogP contribution in [0.5, 0.6) is 11.5 Å². The second-order valence-electron chi connectivity index (χ2n) is 9.99. The summed E-state index contributed by atoms with van der Waals surface area (Å²) in [6, 6.07) is 6.02. The molecule has 0 radical (unpaired) electrons. The lowest BCUT2D eigenvalue weighted by molar-refractivity contribution is 0.474. The average Bonchev–Trinajstić information content (AvgIpc) is 2.64. The number of hydrogen-bond acceptors (Lipinski definition) is 2. The molecule has 0 atom stereocenters. The standard InChI is InChI=1S/C25H34Cl2O2Si/c1-7-10-16-13-19(23(28)20(26)14-16)22-18-12-9-8-11-17(18)15-21(27)24(22)29-30(5,6)25(2,3)4/h13-15,28H,7-12H2,1-6H3. The van der Waals surface area contributed by atoms with Crippen molar-refractivity contribution in [1.29, 1.82) is 0 Å². The fraction of sp³-hybridized carbons (Fsp3) is 0.520. The van der Waals surface area contributed by atoms with E-state index in [1.807, 2.05) is 6.07 Å². The van der Waals surface area contributed by atoms with Gasteiger partial charge in [0.25, 0.3) is 8.32 Å². The van der Waals surface area contributed by atoms with E-state index >= 15 is 0 Å². The van der Waals surface area contributed by atoms with Gasteiger partial charge < -0.3 is 9.53 Å². The van der Waals surface area contributed by atoms with Crippen molar-refractivity contribution in [3.63, 3.8) is 0 Å². The Hall–Kier alpha value is -1.16. The van der Waals surface area contributed by atoms with Crippen LogP contribution in [-0.4, -0.2) is 13.4 Å². The van der Waals surface area contributed by atoms with E-state index in [0.29, 0.717) is 15.8 Å². The smallest absolute Gasteiger partial charge is 0.250 e. The molecule has 0 unspecified atom stereocenters. The van der Waals surface area contributed by atoms with E-state index in [2.05, 4.69) is 52.9 Å². The van der Waals surface area contributed by atoms with Gasteiger partial charge >= 0.3 is 0 Å². The molecule has 0 fully saturated rings. The SMILES string of the molecule is CCCc1cc(Cl)c(O)c(-c2c3c(cc(Cl)c2O[Si](C)(C)C(C)(C)C)CCCC3)c1. The number of aromatic hydroxyl groups is 1. The van der Waals surface area contributed by atoms with Gasteiger partial charge in [-0.25, -0.2) is 0 Å². The summed E-state index contributed by atoms with van der Waals surface area (Å²) < 4.78 is 6.80. The zero-order chi connectivity index (χ0) is 22.3. The third-order valence-corrected chi connectivity index (χ3v) is 11.5. The van der Waals surface area contributed by atoms with Crippen LogP contribution in [0.25, 0.3) is 11.1 Å². The van der Waals surface area contributed by atoms with E-state index in [4.69, 9.17) is 27.6 Å². The van der Waals surface area contributed by atoms with Crippen LogP contribution in [0.2, 0.25) is 28.2 Å². The molecule has 0 bridgehead atoms. The lowest BCUT2D eigenvalue weighted by atomic mass is 9.84. The number of phenols is 1. The normalized spacial score (nSPS) is 14.5. The molecule has 0 spiro atoms. The van der Waals surface area contributed by atoms with Crippen molar-refractivity contribution in [2.45, 2.75) is 84.4 Å². The van der Waals surface area contributed by atoms with Gasteiger partial charge in [0.05, 0.1) is 10.0 Å². The minimum absolute atomic E-state index is 0.0350. The highest BCUT2D eigenvalue weighted by atomic mass is 35.5. The van der Waals surface area contributed by atoms with Crippen molar-refractivity contribution in [1.82, 2.24) is 0 Å². The third-order valence-electron chi connectivity index (χ3n) is 6.65. The van der Waals surface area contributed by atoms with Crippen LogP contribution in [0, 0.1) is 0 Å². The summed E-state index contributed by atoms with van der Waals surface area (Å²) in [6.45, 7) is 13.3. The highest BCUT2D eigenvalue weighted by Crippen LogP contribution is 2.50. The Morgan fingerprint density at radius 1 is 1.03 bits per heavy atom. The fourth-order valence-corrected chi connectivity index (χ4v) is 5.52. The quantitative estimate of drug-likeness (QED) is 0.448. The van der Waals surface area contributed by atoms with Gasteiger partial charge in [0.15, 0.2) is 0 Å². The van der Waals surface area contributed by atoms with Gasteiger partial charge in [0, 0.05) is 11.1 Å². The minimum atomic E-state index is -2.15. The van der Waals surface area contributed by atoms with Gasteiger partial charge in [-0.1, -0.05) is 57.3 Å². The van der Waals surface area contributed by atoms with Crippen molar-refractivity contribution < 1.29 is 9.53 Å². The highest BCUT2D eigenvalue weighted by Gasteiger charge is 2.40. The van der Waals surface area contributed by atoms with Crippen LogP contribution in [0.3, 0.4) is 0 Å². The number of fused-ring (bicyclic) bond motifs is 1. The van der Waals surface area contributed by atoms with Gasteiger partial charge in [-0.2, -0.15) is 0 Å². The summed E-state index contributed by atoms with van der Waals surface area (Å²) in [5.41, 5.74) is 5.33. The molecule has 0 amide bonds.